The number of nitrogens with zero attached hydrogens (tertiary/aromatic N) is 1. The van der Waals surface area contributed by atoms with Crippen LogP contribution >= 0.6 is 11.8 Å². The first-order valence-electron chi connectivity index (χ1n) is 7.16. The summed E-state index contributed by atoms with van der Waals surface area (Å²) in [7, 11) is 0. The molecule has 1 N–H and O–H groups in total. The minimum atomic E-state index is -0.449. The monoisotopic (exact) mass is 330 g/mol. The standard InChI is InChI=1S/C17H18N2O3S/c1-11-7-9-14(10-8-11)23-13(3)17(20)18-15-5-4-6-16(12(15)2)19(21)22/h4-10,13H,1-3H3,(H,18,20). The van der Waals surface area contributed by atoms with Crippen LogP contribution in [0.2, 0.25) is 0 Å². The highest BCUT2D eigenvalue weighted by Gasteiger charge is 2.18. The van der Waals surface area contributed by atoms with Crippen LogP contribution in [-0.2, 0) is 4.79 Å². The van der Waals surface area contributed by atoms with E-state index in [-0.39, 0.29) is 16.8 Å². The molecule has 0 fully saturated rings. The van der Waals surface area contributed by atoms with Gasteiger partial charge in [0.2, 0.25) is 5.91 Å². The lowest BCUT2D eigenvalue weighted by Gasteiger charge is -2.13. The third kappa shape index (κ3) is 4.32. The number of nitro groups is 1. The first-order valence-corrected chi connectivity index (χ1v) is 8.04. The highest BCUT2D eigenvalue weighted by Crippen LogP contribution is 2.27. The number of carbonyl (C=O) groups excluding carboxylic acids is 1. The molecule has 2 rings (SSSR count). The van der Waals surface area contributed by atoms with Crippen LogP contribution in [-0.4, -0.2) is 16.1 Å². The van der Waals surface area contributed by atoms with E-state index in [9.17, 15) is 14.9 Å². The van der Waals surface area contributed by atoms with Crippen molar-refractivity contribution in [3.8, 4) is 0 Å². The average Bonchev–Trinajstić information content (AvgIpc) is 2.51. The molecule has 0 saturated heterocycles. The van der Waals surface area contributed by atoms with Gasteiger partial charge in [0.1, 0.15) is 0 Å². The largest absolute Gasteiger partial charge is 0.325 e. The molecule has 0 aliphatic heterocycles. The number of benzene rings is 2. The molecule has 1 amide bonds. The molecule has 0 heterocycles. The SMILES string of the molecule is Cc1ccc(SC(C)C(=O)Nc2cccc([N+](=O)[O-])c2C)cc1. The second-order valence-corrected chi connectivity index (χ2v) is 6.68. The molecule has 5 nitrogen and oxygen atoms in total. The zero-order chi connectivity index (χ0) is 17.0. The smallest absolute Gasteiger partial charge is 0.274 e. The highest BCUT2D eigenvalue weighted by atomic mass is 32.2. The van der Waals surface area contributed by atoms with Crippen LogP contribution in [0.1, 0.15) is 18.1 Å². The Hall–Kier alpha value is -2.34. The minimum absolute atomic E-state index is 0.00152. The summed E-state index contributed by atoms with van der Waals surface area (Å²) < 4.78 is 0. The third-order valence-corrected chi connectivity index (χ3v) is 4.57. The summed E-state index contributed by atoms with van der Waals surface area (Å²) >= 11 is 1.45. The number of nitrogens with one attached hydrogen (secondary N) is 1. The number of thioether (sulfide) groups is 1. The van der Waals surface area contributed by atoms with Gasteiger partial charge in [0.05, 0.1) is 21.4 Å². The maximum Gasteiger partial charge on any atom is 0.274 e. The number of amides is 1. The summed E-state index contributed by atoms with van der Waals surface area (Å²) in [5, 5.41) is 13.4. The van der Waals surface area contributed by atoms with Gasteiger partial charge in [0.25, 0.3) is 5.69 Å². The highest BCUT2D eigenvalue weighted by molar-refractivity contribution is 8.00. The van der Waals surface area contributed by atoms with Gasteiger partial charge in [0.15, 0.2) is 0 Å². The van der Waals surface area contributed by atoms with Crippen LogP contribution in [0.25, 0.3) is 0 Å². The third-order valence-electron chi connectivity index (χ3n) is 3.46. The van der Waals surface area contributed by atoms with Crippen molar-refractivity contribution in [1.82, 2.24) is 0 Å². The van der Waals surface area contributed by atoms with Gasteiger partial charge < -0.3 is 5.32 Å². The predicted molar refractivity (Wildman–Crippen MR) is 93.0 cm³/mol. The van der Waals surface area contributed by atoms with E-state index >= 15 is 0 Å². The molecule has 0 radical (unpaired) electrons. The maximum absolute atomic E-state index is 12.3. The van der Waals surface area contributed by atoms with Crippen LogP contribution in [0.15, 0.2) is 47.4 Å². The van der Waals surface area contributed by atoms with Crippen molar-refractivity contribution in [1.29, 1.82) is 0 Å². The second-order valence-electron chi connectivity index (χ2n) is 5.27. The summed E-state index contributed by atoms with van der Waals surface area (Å²) in [4.78, 5) is 23.8. The Morgan fingerprint density at radius 2 is 1.83 bits per heavy atom. The van der Waals surface area contributed by atoms with Gasteiger partial charge in [0, 0.05) is 11.0 Å². The van der Waals surface area contributed by atoms with Gasteiger partial charge in [-0.15, -0.1) is 11.8 Å². The van der Waals surface area contributed by atoms with Crippen molar-refractivity contribution in [2.24, 2.45) is 0 Å². The van der Waals surface area contributed by atoms with Gasteiger partial charge in [-0.1, -0.05) is 23.8 Å². The van der Waals surface area contributed by atoms with Crippen LogP contribution < -0.4 is 5.32 Å². The average molecular weight is 330 g/mol. The lowest BCUT2D eigenvalue weighted by molar-refractivity contribution is -0.385. The lowest BCUT2D eigenvalue weighted by Crippen LogP contribution is -2.22. The molecular weight excluding hydrogens is 312 g/mol. The summed E-state index contributed by atoms with van der Waals surface area (Å²) in [6.07, 6.45) is 0. The zero-order valence-corrected chi connectivity index (χ0v) is 14.0. The number of nitro benzene ring substituents is 1. The number of aryl methyl sites for hydroxylation is 1. The topological polar surface area (TPSA) is 72.2 Å². The van der Waals surface area contributed by atoms with E-state index in [1.807, 2.05) is 38.1 Å². The first kappa shape index (κ1) is 17.0. The number of anilines is 1. The number of hydrogen-bond acceptors (Lipinski definition) is 4. The molecule has 23 heavy (non-hydrogen) atoms. The van der Waals surface area contributed by atoms with Gasteiger partial charge in [-0.25, -0.2) is 0 Å². The molecule has 0 bridgehead atoms. The van der Waals surface area contributed by atoms with Gasteiger partial charge in [-0.2, -0.15) is 0 Å². The molecule has 0 aliphatic carbocycles. The Kier molecular flexibility index (Phi) is 5.39. The van der Waals surface area contributed by atoms with E-state index in [4.69, 9.17) is 0 Å². The van der Waals surface area contributed by atoms with Crippen LogP contribution in [0, 0.1) is 24.0 Å². The van der Waals surface area contributed by atoms with Crippen LogP contribution in [0.5, 0.6) is 0 Å². The Morgan fingerprint density at radius 3 is 2.43 bits per heavy atom. The normalized spacial score (nSPS) is 11.8. The molecule has 0 aliphatic rings. The fourth-order valence-electron chi connectivity index (χ4n) is 2.07. The molecule has 0 saturated carbocycles. The molecule has 1 atom stereocenters. The lowest BCUT2D eigenvalue weighted by atomic mass is 10.1. The zero-order valence-electron chi connectivity index (χ0n) is 13.2. The van der Waals surface area contributed by atoms with Crippen molar-refractivity contribution in [3.63, 3.8) is 0 Å². The first-order chi connectivity index (χ1) is 10.9. The van der Waals surface area contributed by atoms with Gasteiger partial charge in [-0.05, 0) is 39.0 Å². The molecule has 2 aromatic carbocycles. The molecule has 2 aromatic rings. The minimum Gasteiger partial charge on any atom is -0.325 e. The molecule has 1 unspecified atom stereocenters. The molecular formula is C17H18N2O3S. The van der Waals surface area contributed by atoms with Gasteiger partial charge >= 0.3 is 0 Å². The second kappa shape index (κ2) is 7.28. The van der Waals surface area contributed by atoms with Crippen molar-refractivity contribution >= 4 is 29.0 Å². The van der Waals surface area contributed by atoms with E-state index in [0.29, 0.717) is 11.3 Å². The molecule has 120 valence electrons. The van der Waals surface area contributed by atoms with Crippen molar-refractivity contribution in [3.05, 3.63) is 63.7 Å². The van der Waals surface area contributed by atoms with E-state index in [2.05, 4.69) is 5.32 Å². The maximum atomic E-state index is 12.3. The Bertz CT molecular complexity index is 729. The predicted octanol–water partition coefficient (Wildman–Crippen LogP) is 4.33. The van der Waals surface area contributed by atoms with E-state index < -0.39 is 4.92 Å². The van der Waals surface area contributed by atoms with Crippen molar-refractivity contribution in [2.75, 3.05) is 5.32 Å². The summed E-state index contributed by atoms with van der Waals surface area (Å²) in [6.45, 7) is 5.45. The van der Waals surface area contributed by atoms with Crippen LogP contribution in [0.4, 0.5) is 11.4 Å². The summed E-state index contributed by atoms with van der Waals surface area (Å²) in [5.41, 5.74) is 2.10. The van der Waals surface area contributed by atoms with Crippen molar-refractivity contribution in [2.45, 2.75) is 30.9 Å². The Morgan fingerprint density at radius 1 is 1.17 bits per heavy atom. The number of rotatable bonds is 5. The fraction of sp³-hybridized carbons (Fsp3) is 0.235. The Balaban J connectivity index is 2.08. The van der Waals surface area contributed by atoms with E-state index in [1.165, 1.54) is 23.4 Å². The fourth-order valence-corrected chi connectivity index (χ4v) is 2.93. The van der Waals surface area contributed by atoms with E-state index in [1.54, 1.807) is 19.1 Å². The number of hydrogen-bond donors (Lipinski definition) is 1. The molecule has 6 heteroatoms. The summed E-state index contributed by atoms with van der Waals surface area (Å²) in [5.74, 6) is -0.181. The molecule has 0 spiro atoms. The Labute approximate surface area is 139 Å². The van der Waals surface area contributed by atoms with E-state index in [0.717, 1.165) is 4.90 Å². The molecule has 0 aromatic heterocycles. The summed E-state index contributed by atoms with van der Waals surface area (Å²) in [6, 6.07) is 12.6. The quantitative estimate of drug-likeness (QED) is 0.503. The van der Waals surface area contributed by atoms with Crippen molar-refractivity contribution < 1.29 is 9.72 Å². The van der Waals surface area contributed by atoms with Crippen LogP contribution in [0.3, 0.4) is 0 Å². The number of carbonyl (C=O) groups is 1. The van der Waals surface area contributed by atoms with Gasteiger partial charge in [-0.3, -0.25) is 14.9 Å².